The van der Waals surface area contributed by atoms with Crippen molar-refractivity contribution in [3.8, 4) is 11.5 Å². The summed E-state index contributed by atoms with van der Waals surface area (Å²) in [5.41, 5.74) is 1.45. The SMILES string of the molecule is COc1cccc(/C=C\C(=O)N(Cc2ccsc2)C2CC2)c1OC(F)F. The topological polar surface area (TPSA) is 38.8 Å². The Morgan fingerprint density at radius 1 is 1.38 bits per heavy atom. The third-order valence-electron chi connectivity index (χ3n) is 4.05. The lowest BCUT2D eigenvalue weighted by atomic mass is 10.1. The minimum atomic E-state index is -2.98. The molecule has 7 heteroatoms. The summed E-state index contributed by atoms with van der Waals surface area (Å²) in [6, 6.07) is 7.03. The molecule has 4 nitrogen and oxygen atoms in total. The van der Waals surface area contributed by atoms with Crippen molar-refractivity contribution in [2.24, 2.45) is 0 Å². The van der Waals surface area contributed by atoms with Gasteiger partial charge in [0.25, 0.3) is 0 Å². The minimum Gasteiger partial charge on any atom is -0.493 e. The van der Waals surface area contributed by atoms with Crippen LogP contribution in [0.1, 0.15) is 24.0 Å². The van der Waals surface area contributed by atoms with E-state index in [0.717, 1.165) is 18.4 Å². The molecule has 1 amide bonds. The third-order valence-corrected chi connectivity index (χ3v) is 4.78. The normalized spacial score (nSPS) is 14.0. The van der Waals surface area contributed by atoms with Gasteiger partial charge in [0.1, 0.15) is 0 Å². The second-order valence-corrected chi connectivity index (χ2v) is 6.70. The molecule has 2 aromatic rings. The van der Waals surface area contributed by atoms with Gasteiger partial charge in [-0.25, -0.2) is 0 Å². The van der Waals surface area contributed by atoms with Crippen LogP contribution in [0.25, 0.3) is 6.08 Å². The molecule has 0 radical (unpaired) electrons. The van der Waals surface area contributed by atoms with E-state index >= 15 is 0 Å². The average molecular weight is 379 g/mol. The number of hydrogen-bond acceptors (Lipinski definition) is 4. The van der Waals surface area contributed by atoms with Crippen molar-refractivity contribution < 1.29 is 23.0 Å². The first-order valence-electron chi connectivity index (χ1n) is 8.20. The molecule has 0 bridgehead atoms. The van der Waals surface area contributed by atoms with E-state index in [1.807, 2.05) is 21.7 Å². The van der Waals surface area contributed by atoms with Crippen molar-refractivity contribution in [2.75, 3.05) is 7.11 Å². The molecule has 0 atom stereocenters. The molecule has 0 spiro atoms. The quantitative estimate of drug-likeness (QED) is 0.631. The molecule has 1 saturated carbocycles. The highest BCUT2D eigenvalue weighted by Crippen LogP contribution is 2.34. The number of para-hydroxylation sites is 1. The van der Waals surface area contributed by atoms with Crippen LogP contribution in [-0.4, -0.2) is 30.6 Å². The van der Waals surface area contributed by atoms with Gasteiger partial charge in [0.15, 0.2) is 11.5 Å². The largest absolute Gasteiger partial charge is 0.493 e. The summed E-state index contributed by atoms with van der Waals surface area (Å²) in [4.78, 5) is 14.4. The van der Waals surface area contributed by atoms with Crippen molar-refractivity contribution in [2.45, 2.75) is 32.0 Å². The van der Waals surface area contributed by atoms with Gasteiger partial charge in [-0.1, -0.05) is 12.1 Å². The van der Waals surface area contributed by atoms with Crippen LogP contribution in [0, 0.1) is 0 Å². The number of benzene rings is 1. The predicted octanol–water partition coefficient (Wildman–Crippen LogP) is 4.56. The molecule has 0 aliphatic heterocycles. The van der Waals surface area contributed by atoms with Crippen LogP contribution in [0.2, 0.25) is 0 Å². The maximum absolute atomic E-state index is 12.7. The van der Waals surface area contributed by atoms with Crippen LogP contribution >= 0.6 is 11.3 Å². The molecule has 1 aliphatic rings. The number of nitrogens with zero attached hydrogens (tertiary/aromatic N) is 1. The fourth-order valence-corrected chi connectivity index (χ4v) is 3.31. The molecule has 1 aromatic heterocycles. The number of carbonyl (C=O) groups excluding carboxylic acids is 1. The Kier molecular flexibility index (Phi) is 5.88. The Hall–Kier alpha value is -2.41. The zero-order valence-corrected chi connectivity index (χ0v) is 15.0. The summed E-state index contributed by atoms with van der Waals surface area (Å²) >= 11 is 1.59. The summed E-state index contributed by atoms with van der Waals surface area (Å²) in [5, 5.41) is 3.99. The smallest absolute Gasteiger partial charge is 0.387 e. The molecular weight excluding hydrogens is 360 g/mol. The lowest BCUT2D eigenvalue weighted by Crippen LogP contribution is -2.30. The summed E-state index contributed by atoms with van der Waals surface area (Å²) in [6.45, 7) is -2.42. The Morgan fingerprint density at radius 2 is 2.19 bits per heavy atom. The highest BCUT2D eigenvalue weighted by Gasteiger charge is 2.31. The number of carbonyl (C=O) groups is 1. The van der Waals surface area contributed by atoms with Crippen molar-refractivity contribution in [3.05, 3.63) is 52.2 Å². The van der Waals surface area contributed by atoms with Gasteiger partial charge >= 0.3 is 6.61 Å². The molecular formula is C19H19F2NO3S. The molecule has 1 aliphatic carbocycles. The second-order valence-electron chi connectivity index (χ2n) is 5.92. The predicted molar refractivity (Wildman–Crippen MR) is 96.6 cm³/mol. The van der Waals surface area contributed by atoms with Crippen LogP contribution < -0.4 is 9.47 Å². The standard InChI is InChI=1S/C19H19F2NO3S/c1-24-16-4-2-3-14(18(16)25-19(20)21)5-8-17(23)22(15-6-7-15)11-13-9-10-26-12-13/h2-5,8-10,12,15,19H,6-7,11H2,1H3/b8-5-. The number of halogens is 2. The van der Waals surface area contributed by atoms with Crippen molar-refractivity contribution in [1.29, 1.82) is 0 Å². The number of alkyl halides is 2. The molecule has 0 saturated heterocycles. The molecule has 0 unspecified atom stereocenters. The van der Waals surface area contributed by atoms with E-state index in [-0.39, 0.29) is 23.4 Å². The van der Waals surface area contributed by atoms with Gasteiger partial charge in [-0.15, -0.1) is 0 Å². The van der Waals surface area contributed by atoms with Crippen molar-refractivity contribution in [3.63, 3.8) is 0 Å². The highest BCUT2D eigenvalue weighted by atomic mass is 32.1. The van der Waals surface area contributed by atoms with Crippen LogP contribution in [0.4, 0.5) is 8.78 Å². The monoisotopic (exact) mass is 379 g/mol. The Labute approximate surface area is 154 Å². The number of rotatable bonds is 8. The lowest BCUT2D eigenvalue weighted by molar-refractivity contribution is -0.127. The number of amides is 1. The highest BCUT2D eigenvalue weighted by molar-refractivity contribution is 7.07. The van der Waals surface area contributed by atoms with E-state index in [9.17, 15) is 13.6 Å². The Morgan fingerprint density at radius 3 is 2.81 bits per heavy atom. The molecule has 0 N–H and O–H groups in total. The van der Waals surface area contributed by atoms with Crippen molar-refractivity contribution in [1.82, 2.24) is 4.90 Å². The fourth-order valence-electron chi connectivity index (χ4n) is 2.65. The third kappa shape index (κ3) is 4.60. The van der Waals surface area contributed by atoms with Crippen LogP contribution in [0.5, 0.6) is 11.5 Å². The molecule has 138 valence electrons. The van der Waals surface area contributed by atoms with E-state index < -0.39 is 6.61 Å². The first-order valence-corrected chi connectivity index (χ1v) is 9.14. The molecule has 1 heterocycles. The molecule has 1 fully saturated rings. The summed E-state index contributed by atoms with van der Waals surface area (Å²) in [5.74, 6) is -0.0356. The zero-order valence-electron chi connectivity index (χ0n) is 14.2. The van der Waals surface area contributed by atoms with Crippen LogP contribution in [0.3, 0.4) is 0 Å². The second kappa shape index (κ2) is 8.31. The van der Waals surface area contributed by atoms with Gasteiger partial charge in [-0.3, -0.25) is 4.79 Å². The van der Waals surface area contributed by atoms with Crippen molar-refractivity contribution >= 4 is 23.3 Å². The van der Waals surface area contributed by atoms with Gasteiger partial charge in [0.2, 0.25) is 5.91 Å². The van der Waals surface area contributed by atoms with Gasteiger partial charge in [-0.2, -0.15) is 20.1 Å². The fraction of sp³-hybridized carbons (Fsp3) is 0.316. The van der Waals surface area contributed by atoms with E-state index in [1.165, 1.54) is 25.3 Å². The number of methoxy groups -OCH3 is 1. The number of hydrogen-bond donors (Lipinski definition) is 0. The number of ether oxygens (including phenoxy) is 2. The van der Waals surface area contributed by atoms with Gasteiger partial charge in [-0.05, 0) is 47.4 Å². The summed E-state index contributed by atoms with van der Waals surface area (Å²) in [6.07, 6.45) is 4.87. The number of thiophene rings is 1. The summed E-state index contributed by atoms with van der Waals surface area (Å²) in [7, 11) is 1.38. The average Bonchev–Trinajstić information content (AvgIpc) is 3.33. The summed E-state index contributed by atoms with van der Waals surface area (Å²) < 4.78 is 35.0. The van der Waals surface area contributed by atoms with E-state index in [4.69, 9.17) is 4.74 Å². The van der Waals surface area contributed by atoms with Gasteiger partial charge < -0.3 is 14.4 Å². The van der Waals surface area contributed by atoms with E-state index in [1.54, 1.807) is 23.5 Å². The van der Waals surface area contributed by atoms with E-state index in [2.05, 4.69) is 4.74 Å². The van der Waals surface area contributed by atoms with Gasteiger partial charge in [0, 0.05) is 24.2 Å². The van der Waals surface area contributed by atoms with E-state index in [0.29, 0.717) is 12.1 Å². The first kappa shape index (κ1) is 18.4. The maximum Gasteiger partial charge on any atom is 0.387 e. The van der Waals surface area contributed by atoms with Crippen LogP contribution in [-0.2, 0) is 11.3 Å². The minimum absolute atomic E-state index is 0.0788. The Balaban J connectivity index is 1.78. The Bertz CT molecular complexity index is 773. The molecule has 1 aromatic carbocycles. The van der Waals surface area contributed by atoms with Gasteiger partial charge in [0.05, 0.1) is 7.11 Å². The maximum atomic E-state index is 12.7. The zero-order chi connectivity index (χ0) is 18.5. The molecule has 26 heavy (non-hydrogen) atoms. The molecule has 3 rings (SSSR count). The van der Waals surface area contributed by atoms with Crippen LogP contribution in [0.15, 0.2) is 41.1 Å². The first-order chi connectivity index (χ1) is 12.6. The lowest BCUT2D eigenvalue weighted by Gasteiger charge is -2.20.